The Hall–Kier alpha value is -3.71. The van der Waals surface area contributed by atoms with Crippen LogP contribution in [0.25, 0.3) is 32.0 Å². The molecule has 6 nitrogen and oxygen atoms in total. The minimum Gasteiger partial charge on any atom is -0.507 e. The average molecular weight is 430 g/mol. The van der Waals surface area contributed by atoms with Crippen molar-refractivity contribution in [1.82, 2.24) is 4.98 Å². The fraction of sp³-hybridized carbons (Fsp3) is 0.125. The van der Waals surface area contributed by atoms with Gasteiger partial charge >= 0.3 is 5.97 Å². The van der Waals surface area contributed by atoms with Crippen LogP contribution < -0.4 is 0 Å². The van der Waals surface area contributed by atoms with Crippen molar-refractivity contribution in [2.75, 3.05) is 6.61 Å². The lowest BCUT2D eigenvalue weighted by atomic mass is 9.98. The van der Waals surface area contributed by atoms with E-state index >= 15 is 0 Å². The molecule has 2 aromatic heterocycles. The van der Waals surface area contributed by atoms with Crippen LogP contribution >= 0.6 is 11.3 Å². The zero-order valence-electron chi connectivity index (χ0n) is 16.9. The standard InChI is InChI=1S/C24H18N2O4S/c1-3-29-23(28)19-13(2)30-22-15-9-5-4-8-14(15)21(27)16(20(19)22)12-25-24-26-17-10-6-7-11-18(17)31-24/h4-12,27H,3H2,1-2H3/b25-12+. The van der Waals surface area contributed by atoms with Crippen molar-refractivity contribution < 1.29 is 19.1 Å². The summed E-state index contributed by atoms with van der Waals surface area (Å²) < 4.78 is 12.3. The van der Waals surface area contributed by atoms with E-state index < -0.39 is 5.97 Å². The molecule has 0 aliphatic heterocycles. The largest absolute Gasteiger partial charge is 0.507 e. The first-order valence-corrected chi connectivity index (χ1v) is 10.6. The van der Waals surface area contributed by atoms with E-state index in [9.17, 15) is 9.90 Å². The third-order valence-electron chi connectivity index (χ3n) is 5.10. The molecule has 0 spiro atoms. The third kappa shape index (κ3) is 3.14. The molecule has 0 saturated heterocycles. The molecule has 7 heteroatoms. The monoisotopic (exact) mass is 430 g/mol. The molecule has 31 heavy (non-hydrogen) atoms. The Kier molecular flexibility index (Phi) is 4.67. The predicted molar refractivity (Wildman–Crippen MR) is 123 cm³/mol. The summed E-state index contributed by atoms with van der Waals surface area (Å²) >= 11 is 1.45. The van der Waals surface area contributed by atoms with Gasteiger partial charge in [0.1, 0.15) is 22.7 Å². The quantitative estimate of drug-likeness (QED) is 0.274. The van der Waals surface area contributed by atoms with Crippen molar-refractivity contribution in [3.8, 4) is 5.75 Å². The molecule has 3 aromatic carbocycles. The summed E-state index contributed by atoms with van der Waals surface area (Å²) in [5.74, 6) is -0.0405. The van der Waals surface area contributed by atoms with Gasteiger partial charge in [0.15, 0.2) is 0 Å². The minimum absolute atomic E-state index is 0.0271. The molecule has 1 N–H and O–H groups in total. The second-order valence-electron chi connectivity index (χ2n) is 6.99. The molecule has 0 amide bonds. The fourth-order valence-corrected chi connectivity index (χ4v) is 4.56. The Labute approximate surface area is 181 Å². The first kappa shape index (κ1) is 19.3. The summed E-state index contributed by atoms with van der Waals surface area (Å²) in [5.41, 5.74) is 2.06. The van der Waals surface area contributed by atoms with E-state index in [0.29, 0.717) is 43.8 Å². The number of aliphatic imine (C=N–C) groups is 1. The molecule has 0 saturated carbocycles. The van der Waals surface area contributed by atoms with Crippen LogP contribution in [0.2, 0.25) is 0 Å². The summed E-state index contributed by atoms with van der Waals surface area (Å²) in [4.78, 5) is 21.7. The molecule has 2 heterocycles. The Balaban J connectivity index is 1.78. The molecular formula is C24H18N2O4S. The molecule has 0 unspecified atom stereocenters. The maximum absolute atomic E-state index is 12.7. The number of aromatic nitrogens is 1. The number of hydrogen-bond donors (Lipinski definition) is 1. The highest BCUT2D eigenvalue weighted by Gasteiger charge is 2.26. The number of fused-ring (bicyclic) bond motifs is 4. The number of phenols is 1. The van der Waals surface area contributed by atoms with Gasteiger partial charge in [0.25, 0.3) is 0 Å². The number of nitrogens with zero attached hydrogens (tertiary/aromatic N) is 2. The van der Waals surface area contributed by atoms with Gasteiger partial charge in [0.05, 0.1) is 16.8 Å². The lowest BCUT2D eigenvalue weighted by Crippen LogP contribution is -2.06. The van der Waals surface area contributed by atoms with Gasteiger partial charge in [0.2, 0.25) is 5.13 Å². The topological polar surface area (TPSA) is 84.9 Å². The molecule has 0 radical (unpaired) electrons. The first-order chi connectivity index (χ1) is 15.1. The Bertz CT molecular complexity index is 1460. The highest BCUT2D eigenvalue weighted by Crippen LogP contribution is 2.41. The first-order valence-electron chi connectivity index (χ1n) is 9.82. The van der Waals surface area contributed by atoms with Crippen LogP contribution in [0.15, 0.2) is 57.9 Å². The zero-order chi connectivity index (χ0) is 21.5. The summed E-state index contributed by atoms with van der Waals surface area (Å²) in [6.45, 7) is 3.70. The lowest BCUT2D eigenvalue weighted by Gasteiger charge is -2.08. The number of furan rings is 1. The molecule has 0 fully saturated rings. The van der Waals surface area contributed by atoms with Crippen LogP contribution in [-0.2, 0) is 4.74 Å². The van der Waals surface area contributed by atoms with Crippen molar-refractivity contribution >= 4 is 60.6 Å². The van der Waals surface area contributed by atoms with E-state index in [4.69, 9.17) is 9.15 Å². The number of rotatable bonds is 4. The molecular weight excluding hydrogens is 412 g/mol. The third-order valence-corrected chi connectivity index (χ3v) is 6.05. The Morgan fingerprint density at radius 1 is 1.19 bits per heavy atom. The number of ether oxygens (including phenoxy) is 1. The van der Waals surface area contributed by atoms with Crippen LogP contribution in [0.1, 0.15) is 28.6 Å². The van der Waals surface area contributed by atoms with E-state index in [1.165, 1.54) is 11.3 Å². The number of para-hydroxylation sites is 1. The molecule has 154 valence electrons. The second kappa shape index (κ2) is 7.52. The Morgan fingerprint density at radius 2 is 1.94 bits per heavy atom. The summed E-state index contributed by atoms with van der Waals surface area (Å²) in [7, 11) is 0. The van der Waals surface area contributed by atoms with Gasteiger partial charge in [-0.15, -0.1) is 0 Å². The minimum atomic E-state index is -0.497. The van der Waals surface area contributed by atoms with Crippen LogP contribution in [0.3, 0.4) is 0 Å². The summed E-state index contributed by atoms with van der Waals surface area (Å²) in [6, 6.07) is 15.1. The smallest absolute Gasteiger partial charge is 0.342 e. The molecule has 0 atom stereocenters. The molecule has 0 bridgehead atoms. The van der Waals surface area contributed by atoms with Crippen LogP contribution in [0.5, 0.6) is 5.75 Å². The highest BCUT2D eigenvalue weighted by atomic mass is 32.1. The number of benzene rings is 3. The maximum atomic E-state index is 12.7. The lowest BCUT2D eigenvalue weighted by molar-refractivity contribution is 0.0526. The normalized spacial score (nSPS) is 11.8. The van der Waals surface area contributed by atoms with E-state index in [1.807, 2.05) is 42.5 Å². The number of aryl methyl sites for hydroxylation is 1. The second-order valence-corrected chi connectivity index (χ2v) is 8.00. The number of phenolic OH excluding ortho intramolecular Hbond substituents is 1. The SMILES string of the molecule is CCOC(=O)c1c(C)oc2c1c(/C=N/c1nc3ccccc3s1)c(O)c1ccccc12. The number of carbonyl (C=O) groups excluding carboxylic acids is 1. The Morgan fingerprint density at radius 3 is 2.71 bits per heavy atom. The van der Waals surface area contributed by atoms with Crippen LogP contribution in [0.4, 0.5) is 5.13 Å². The van der Waals surface area contributed by atoms with Crippen molar-refractivity contribution in [2.45, 2.75) is 13.8 Å². The molecule has 0 aliphatic rings. The molecule has 5 rings (SSSR count). The number of carbonyl (C=O) groups is 1. The summed E-state index contributed by atoms with van der Waals surface area (Å²) in [5, 5.41) is 13.5. The van der Waals surface area contributed by atoms with Gasteiger partial charge in [-0.25, -0.2) is 14.8 Å². The van der Waals surface area contributed by atoms with E-state index in [0.717, 1.165) is 10.2 Å². The van der Waals surface area contributed by atoms with E-state index in [1.54, 1.807) is 26.1 Å². The van der Waals surface area contributed by atoms with Gasteiger partial charge < -0.3 is 14.3 Å². The van der Waals surface area contributed by atoms with Gasteiger partial charge in [-0.05, 0) is 26.0 Å². The average Bonchev–Trinajstić information content (AvgIpc) is 3.34. The molecule has 5 aromatic rings. The van der Waals surface area contributed by atoms with Gasteiger partial charge in [0, 0.05) is 27.9 Å². The predicted octanol–water partition coefficient (Wildman–Crippen LogP) is 6.14. The number of esters is 1. The fourth-order valence-electron chi connectivity index (χ4n) is 3.75. The van der Waals surface area contributed by atoms with Crippen molar-refractivity contribution in [3.05, 3.63) is 65.4 Å². The van der Waals surface area contributed by atoms with Crippen LogP contribution in [-0.4, -0.2) is 28.9 Å². The number of hydrogen-bond acceptors (Lipinski definition) is 7. The van der Waals surface area contributed by atoms with Crippen LogP contribution in [0, 0.1) is 6.92 Å². The molecule has 0 aliphatic carbocycles. The van der Waals surface area contributed by atoms with Crippen molar-refractivity contribution in [3.63, 3.8) is 0 Å². The van der Waals surface area contributed by atoms with E-state index in [2.05, 4.69) is 9.98 Å². The number of thiazole rings is 1. The summed E-state index contributed by atoms with van der Waals surface area (Å²) in [6.07, 6.45) is 1.54. The van der Waals surface area contributed by atoms with Crippen molar-refractivity contribution in [1.29, 1.82) is 0 Å². The van der Waals surface area contributed by atoms with E-state index in [-0.39, 0.29) is 12.4 Å². The number of aromatic hydroxyl groups is 1. The van der Waals surface area contributed by atoms with Gasteiger partial charge in [-0.2, -0.15) is 0 Å². The van der Waals surface area contributed by atoms with Gasteiger partial charge in [-0.3, -0.25) is 0 Å². The zero-order valence-corrected chi connectivity index (χ0v) is 17.7. The van der Waals surface area contributed by atoms with Crippen molar-refractivity contribution in [2.24, 2.45) is 4.99 Å². The maximum Gasteiger partial charge on any atom is 0.342 e. The highest BCUT2D eigenvalue weighted by molar-refractivity contribution is 7.22. The van der Waals surface area contributed by atoms with Gasteiger partial charge in [-0.1, -0.05) is 47.7 Å².